The average Bonchev–Trinajstić information content (AvgIpc) is 2.55. The summed E-state index contributed by atoms with van der Waals surface area (Å²) in [5.74, 6) is 2.38. The maximum atomic E-state index is 12.3. The minimum Gasteiger partial charge on any atom is -0.492 e. The highest BCUT2D eigenvalue weighted by molar-refractivity contribution is 5.93. The lowest BCUT2D eigenvalue weighted by Crippen LogP contribution is -2.36. The van der Waals surface area contributed by atoms with Crippen LogP contribution in [0.3, 0.4) is 0 Å². The number of carbonyl (C=O) groups is 1. The number of para-hydroxylation sites is 2. The zero-order valence-corrected chi connectivity index (χ0v) is 15.4. The van der Waals surface area contributed by atoms with Gasteiger partial charge in [0.2, 0.25) is 5.91 Å². The predicted octanol–water partition coefficient (Wildman–Crippen LogP) is 4.50. The Morgan fingerprint density at radius 1 is 1.29 bits per heavy atom. The summed E-state index contributed by atoms with van der Waals surface area (Å²) in [7, 11) is 0. The van der Waals surface area contributed by atoms with Gasteiger partial charge in [0, 0.05) is 0 Å². The molecule has 0 unspecified atom stereocenters. The number of hydrogen-bond donors (Lipinski definition) is 1. The molecule has 1 aliphatic rings. The molecule has 1 aliphatic carbocycles. The molecule has 0 aromatic heterocycles. The monoisotopic (exact) mass is 333 g/mol. The SMILES string of the molecule is CCOc1ccccc1NC(=O)CO[C@@H]1C[C@H](C)CC[C@@H]1C(C)C. The fourth-order valence-electron chi connectivity index (χ4n) is 3.53. The Hall–Kier alpha value is -1.55. The average molecular weight is 333 g/mol. The summed E-state index contributed by atoms with van der Waals surface area (Å²) in [6, 6.07) is 7.49. The van der Waals surface area contributed by atoms with Gasteiger partial charge in [0.15, 0.2) is 0 Å². The van der Waals surface area contributed by atoms with Crippen molar-refractivity contribution in [2.24, 2.45) is 17.8 Å². The molecule has 0 aliphatic heterocycles. The molecule has 1 aromatic carbocycles. The normalized spacial score (nSPS) is 24.0. The van der Waals surface area contributed by atoms with E-state index in [-0.39, 0.29) is 18.6 Å². The largest absolute Gasteiger partial charge is 0.492 e. The van der Waals surface area contributed by atoms with E-state index in [2.05, 4.69) is 26.1 Å². The third kappa shape index (κ3) is 5.23. The Labute approximate surface area is 145 Å². The Bertz CT molecular complexity index is 529. The second-order valence-corrected chi connectivity index (χ2v) is 7.15. The maximum absolute atomic E-state index is 12.3. The third-order valence-electron chi connectivity index (χ3n) is 4.85. The Kier molecular flexibility index (Phi) is 7.10. The van der Waals surface area contributed by atoms with Gasteiger partial charge in [0.1, 0.15) is 12.4 Å². The molecule has 1 N–H and O–H groups in total. The van der Waals surface area contributed by atoms with Crippen LogP contribution in [0.5, 0.6) is 5.75 Å². The van der Waals surface area contributed by atoms with E-state index in [9.17, 15) is 4.79 Å². The number of amides is 1. The smallest absolute Gasteiger partial charge is 0.250 e. The van der Waals surface area contributed by atoms with E-state index in [0.717, 1.165) is 6.42 Å². The van der Waals surface area contributed by atoms with Crippen LogP contribution in [0.15, 0.2) is 24.3 Å². The minimum absolute atomic E-state index is 0.0983. The van der Waals surface area contributed by atoms with Crippen LogP contribution in [-0.4, -0.2) is 25.2 Å². The molecule has 0 heterocycles. The van der Waals surface area contributed by atoms with Crippen LogP contribution in [-0.2, 0) is 9.53 Å². The van der Waals surface area contributed by atoms with E-state index in [4.69, 9.17) is 9.47 Å². The summed E-state index contributed by atoms with van der Waals surface area (Å²) in [5, 5.41) is 2.90. The predicted molar refractivity (Wildman–Crippen MR) is 97.3 cm³/mol. The summed E-state index contributed by atoms with van der Waals surface area (Å²) in [5.41, 5.74) is 0.699. The van der Waals surface area contributed by atoms with Gasteiger partial charge in [-0.3, -0.25) is 4.79 Å². The van der Waals surface area contributed by atoms with Crippen molar-refractivity contribution in [1.82, 2.24) is 0 Å². The van der Waals surface area contributed by atoms with E-state index >= 15 is 0 Å². The minimum atomic E-state index is -0.122. The molecule has 0 radical (unpaired) electrons. The van der Waals surface area contributed by atoms with Crippen LogP contribution in [0.25, 0.3) is 0 Å². The van der Waals surface area contributed by atoms with Gasteiger partial charge in [-0.2, -0.15) is 0 Å². The summed E-state index contributed by atoms with van der Waals surface area (Å²) in [4.78, 5) is 12.3. The van der Waals surface area contributed by atoms with Gasteiger partial charge in [0.05, 0.1) is 18.4 Å². The molecule has 1 fully saturated rings. The third-order valence-corrected chi connectivity index (χ3v) is 4.85. The van der Waals surface area contributed by atoms with Gasteiger partial charge in [0.25, 0.3) is 0 Å². The number of ether oxygens (including phenoxy) is 2. The number of rotatable bonds is 7. The molecule has 1 saturated carbocycles. The van der Waals surface area contributed by atoms with Crippen molar-refractivity contribution in [3.63, 3.8) is 0 Å². The van der Waals surface area contributed by atoms with E-state index in [0.29, 0.717) is 35.8 Å². The number of hydrogen-bond acceptors (Lipinski definition) is 3. The van der Waals surface area contributed by atoms with Gasteiger partial charge >= 0.3 is 0 Å². The first-order valence-electron chi connectivity index (χ1n) is 9.14. The molecule has 24 heavy (non-hydrogen) atoms. The van der Waals surface area contributed by atoms with Crippen molar-refractivity contribution in [1.29, 1.82) is 0 Å². The van der Waals surface area contributed by atoms with Crippen molar-refractivity contribution in [2.75, 3.05) is 18.5 Å². The lowest BCUT2D eigenvalue weighted by atomic mass is 9.75. The zero-order chi connectivity index (χ0) is 17.5. The van der Waals surface area contributed by atoms with Crippen LogP contribution in [0, 0.1) is 17.8 Å². The molecule has 0 saturated heterocycles. The van der Waals surface area contributed by atoms with Crippen molar-refractivity contribution in [3.8, 4) is 5.75 Å². The van der Waals surface area contributed by atoms with E-state index in [1.165, 1.54) is 12.8 Å². The van der Waals surface area contributed by atoms with E-state index < -0.39 is 0 Å². The van der Waals surface area contributed by atoms with Gasteiger partial charge in [-0.25, -0.2) is 0 Å². The van der Waals surface area contributed by atoms with Crippen LogP contribution in [0.4, 0.5) is 5.69 Å². The van der Waals surface area contributed by atoms with Gasteiger partial charge in [-0.05, 0) is 49.7 Å². The maximum Gasteiger partial charge on any atom is 0.250 e. The molecular formula is C20H31NO3. The molecule has 0 spiro atoms. The topological polar surface area (TPSA) is 47.6 Å². The van der Waals surface area contributed by atoms with Crippen LogP contribution >= 0.6 is 0 Å². The van der Waals surface area contributed by atoms with Gasteiger partial charge < -0.3 is 14.8 Å². The molecule has 134 valence electrons. The first-order chi connectivity index (χ1) is 11.5. The lowest BCUT2D eigenvalue weighted by molar-refractivity contribution is -0.126. The molecular weight excluding hydrogens is 302 g/mol. The van der Waals surface area contributed by atoms with Crippen molar-refractivity contribution < 1.29 is 14.3 Å². The number of carbonyl (C=O) groups excluding carboxylic acids is 1. The van der Waals surface area contributed by atoms with Crippen molar-refractivity contribution in [2.45, 2.75) is 53.1 Å². The lowest BCUT2D eigenvalue weighted by Gasteiger charge is -2.37. The van der Waals surface area contributed by atoms with Gasteiger partial charge in [-0.1, -0.05) is 39.3 Å². The summed E-state index contributed by atoms with van der Waals surface area (Å²) >= 11 is 0. The van der Waals surface area contributed by atoms with Crippen molar-refractivity contribution in [3.05, 3.63) is 24.3 Å². The molecule has 4 heteroatoms. The molecule has 3 atom stereocenters. The molecule has 2 rings (SSSR count). The molecule has 0 bridgehead atoms. The van der Waals surface area contributed by atoms with Crippen molar-refractivity contribution >= 4 is 11.6 Å². The summed E-state index contributed by atoms with van der Waals surface area (Å²) in [6.45, 7) is 9.36. The van der Waals surface area contributed by atoms with E-state index in [1.807, 2.05) is 31.2 Å². The first-order valence-corrected chi connectivity index (χ1v) is 9.14. The number of nitrogens with one attached hydrogen (secondary N) is 1. The fraction of sp³-hybridized carbons (Fsp3) is 0.650. The Morgan fingerprint density at radius 2 is 2.04 bits per heavy atom. The summed E-state index contributed by atoms with van der Waals surface area (Å²) in [6.07, 6.45) is 3.68. The van der Waals surface area contributed by atoms with Gasteiger partial charge in [-0.15, -0.1) is 0 Å². The fourth-order valence-corrected chi connectivity index (χ4v) is 3.53. The summed E-state index contributed by atoms with van der Waals surface area (Å²) < 4.78 is 11.5. The molecule has 1 amide bonds. The van der Waals surface area contributed by atoms with Crippen LogP contribution < -0.4 is 10.1 Å². The second-order valence-electron chi connectivity index (χ2n) is 7.15. The Morgan fingerprint density at radius 3 is 2.75 bits per heavy atom. The molecule has 4 nitrogen and oxygen atoms in total. The quantitative estimate of drug-likeness (QED) is 0.799. The second kappa shape index (κ2) is 9.07. The number of benzene rings is 1. The highest BCUT2D eigenvalue weighted by Crippen LogP contribution is 2.35. The van der Waals surface area contributed by atoms with Crippen LogP contribution in [0.1, 0.15) is 47.0 Å². The van der Waals surface area contributed by atoms with E-state index in [1.54, 1.807) is 0 Å². The molecule has 1 aromatic rings. The Balaban J connectivity index is 1.90. The van der Waals surface area contributed by atoms with Crippen LogP contribution in [0.2, 0.25) is 0 Å². The zero-order valence-electron chi connectivity index (χ0n) is 15.4. The first kappa shape index (κ1) is 18.8. The highest BCUT2D eigenvalue weighted by Gasteiger charge is 2.31. The number of anilines is 1. The highest BCUT2D eigenvalue weighted by atomic mass is 16.5. The standard InChI is InChI=1S/C20H31NO3/c1-5-23-18-9-7-6-8-17(18)21-20(22)13-24-19-12-15(4)10-11-16(19)14(2)3/h6-9,14-16,19H,5,10-13H2,1-4H3,(H,21,22)/t15-,16-,19-/m1/s1.